The second kappa shape index (κ2) is 7.79. The van der Waals surface area contributed by atoms with Crippen LogP contribution >= 0.6 is 0 Å². The Morgan fingerprint density at radius 1 is 0.840 bits per heavy atom. The normalized spacial score (nSPS) is 11.0. The standard InChI is InChI=1S/C21H24O4/c1-5-11-24-19-13-15(7-9-17(19)22)21(3,4)16-8-10-18(23)20(14-16)25-12-6-2/h5-10,13-14,22-23H,1-2,11-12H2,3-4H3. The molecule has 0 fully saturated rings. The Bertz CT molecular complexity index is 699. The highest BCUT2D eigenvalue weighted by molar-refractivity contribution is 5.51. The molecule has 0 bridgehead atoms. The summed E-state index contributed by atoms with van der Waals surface area (Å²) < 4.78 is 11.0. The van der Waals surface area contributed by atoms with Crippen LogP contribution in [0.1, 0.15) is 25.0 Å². The van der Waals surface area contributed by atoms with Crippen molar-refractivity contribution in [2.45, 2.75) is 19.3 Å². The third-order valence-electron chi connectivity index (χ3n) is 4.08. The molecule has 0 aliphatic heterocycles. The van der Waals surface area contributed by atoms with Crippen LogP contribution in [0.3, 0.4) is 0 Å². The fourth-order valence-electron chi connectivity index (χ4n) is 2.50. The van der Waals surface area contributed by atoms with Gasteiger partial charge in [-0.3, -0.25) is 0 Å². The Morgan fingerprint density at radius 2 is 1.24 bits per heavy atom. The molecule has 132 valence electrons. The van der Waals surface area contributed by atoms with Crippen molar-refractivity contribution >= 4 is 0 Å². The largest absolute Gasteiger partial charge is 0.504 e. The summed E-state index contributed by atoms with van der Waals surface area (Å²) in [5.74, 6) is 0.990. The molecule has 0 aliphatic carbocycles. The minimum atomic E-state index is -0.389. The van der Waals surface area contributed by atoms with Crippen molar-refractivity contribution in [3.8, 4) is 23.0 Å². The van der Waals surface area contributed by atoms with Crippen LogP contribution in [0.5, 0.6) is 23.0 Å². The molecule has 0 atom stereocenters. The molecule has 2 aromatic rings. The van der Waals surface area contributed by atoms with E-state index in [1.807, 2.05) is 24.3 Å². The number of rotatable bonds is 8. The van der Waals surface area contributed by atoms with Gasteiger partial charge in [-0.15, -0.1) is 0 Å². The van der Waals surface area contributed by atoms with E-state index in [0.717, 1.165) is 11.1 Å². The first-order valence-electron chi connectivity index (χ1n) is 8.04. The molecule has 4 heteroatoms. The summed E-state index contributed by atoms with van der Waals surface area (Å²) in [4.78, 5) is 0. The zero-order valence-corrected chi connectivity index (χ0v) is 14.7. The first-order chi connectivity index (χ1) is 11.9. The maximum atomic E-state index is 9.95. The molecule has 0 saturated heterocycles. The third-order valence-corrected chi connectivity index (χ3v) is 4.08. The number of aromatic hydroxyl groups is 2. The van der Waals surface area contributed by atoms with Gasteiger partial charge >= 0.3 is 0 Å². The summed E-state index contributed by atoms with van der Waals surface area (Å²) in [6.45, 7) is 12.0. The molecule has 0 spiro atoms. The van der Waals surface area contributed by atoms with Gasteiger partial charge in [0.25, 0.3) is 0 Å². The van der Waals surface area contributed by atoms with E-state index in [2.05, 4.69) is 27.0 Å². The summed E-state index contributed by atoms with van der Waals surface area (Å²) in [5, 5.41) is 19.9. The molecule has 2 aromatic carbocycles. The molecule has 0 unspecified atom stereocenters. The van der Waals surface area contributed by atoms with Gasteiger partial charge in [-0.1, -0.05) is 51.3 Å². The van der Waals surface area contributed by atoms with E-state index in [4.69, 9.17) is 9.47 Å². The predicted molar refractivity (Wildman–Crippen MR) is 99.7 cm³/mol. The molecular weight excluding hydrogens is 316 g/mol. The molecule has 0 heterocycles. The number of phenols is 2. The van der Waals surface area contributed by atoms with Crippen LogP contribution in [0.15, 0.2) is 61.7 Å². The number of ether oxygens (including phenoxy) is 2. The highest BCUT2D eigenvalue weighted by Crippen LogP contribution is 2.39. The van der Waals surface area contributed by atoms with Crippen molar-refractivity contribution < 1.29 is 19.7 Å². The van der Waals surface area contributed by atoms with Crippen LogP contribution in [0.2, 0.25) is 0 Å². The summed E-state index contributed by atoms with van der Waals surface area (Å²) >= 11 is 0. The number of phenolic OH excluding ortho intramolecular Hbond substituents is 2. The van der Waals surface area contributed by atoms with Crippen molar-refractivity contribution in [2.75, 3.05) is 13.2 Å². The van der Waals surface area contributed by atoms with Crippen LogP contribution in [0.25, 0.3) is 0 Å². The molecule has 0 amide bonds. The average Bonchev–Trinajstić information content (AvgIpc) is 2.60. The molecule has 0 aliphatic rings. The van der Waals surface area contributed by atoms with Crippen molar-refractivity contribution in [3.63, 3.8) is 0 Å². The number of benzene rings is 2. The van der Waals surface area contributed by atoms with Crippen molar-refractivity contribution in [2.24, 2.45) is 0 Å². The van der Waals surface area contributed by atoms with Gasteiger partial charge in [-0.2, -0.15) is 0 Å². The van der Waals surface area contributed by atoms with Gasteiger partial charge in [0.2, 0.25) is 0 Å². The lowest BCUT2D eigenvalue weighted by Crippen LogP contribution is -2.19. The molecule has 0 aromatic heterocycles. The van der Waals surface area contributed by atoms with Gasteiger partial charge in [0.1, 0.15) is 13.2 Å². The maximum absolute atomic E-state index is 9.95. The summed E-state index contributed by atoms with van der Waals surface area (Å²) in [7, 11) is 0. The highest BCUT2D eigenvalue weighted by atomic mass is 16.5. The Hall–Kier alpha value is -2.88. The van der Waals surface area contributed by atoms with Crippen LogP contribution < -0.4 is 9.47 Å². The fraction of sp³-hybridized carbons (Fsp3) is 0.238. The third kappa shape index (κ3) is 4.15. The van der Waals surface area contributed by atoms with Crippen LogP contribution in [0, 0.1) is 0 Å². The van der Waals surface area contributed by atoms with Gasteiger partial charge in [0.15, 0.2) is 23.0 Å². The Kier molecular flexibility index (Phi) is 5.75. The molecule has 25 heavy (non-hydrogen) atoms. The summed E-state index contributed by atoms with van der Waals surface area (Å²) in [6.07, 6.45) is 3.25. The zero-order chi connectivity index (χ0) is 18.4. The lowest BCUT2D eigenvalue weighted by Gasteiger charge is -2.27. The van der Waals surface area contributed by atoms with E-state index in [9.17, 15) is 10.2 Å². The molecule has 2 N–H and O–H groups in total. The fourth-order valence-corrected chi connectivity index (χ4v) is 2.50. The van der Waals surface area contributed by atoms with Crippen molar-refractivity contribution in [1.29, 1.82) is 0 Å². The van der Waals surface area contributed by atoms with Crippen molar-refractivity contribution in [3.05, 3.63) is 72.8 Å². The molecular formula is C21H24O4. The monoisotopic (exact) mass is 340 g/mol. The van der Waals surface area contributed by atoms with Gasteiger partial charge in [0, 0.05) is 5.41 Å². The van der Waals surface area contributed by atoms with E-state index in [0.29, 0.717) is 24.7 Å². The second-order valence-corrected chi connectivity index (χ2v) is 6.19. The number of hydrogen-bond acceptors (Lipinski definition) is 4. The van der Waals surface area contributed by atoms with Gasteiger partial charge < -0.3 is 19.7 Å². The lowest BCUT2D eigenvalue weighted by molar-refractivity contribution is 0.334. The minimum absolute atomic E-state index is 0.0853. The number of hydrogen-bond donors (Lipinski definition) is 2. The SMILES string of the molecule is C=CCOc1cc(C(C)(C)c2ccc(O)c(OCC=C)c2)ccc1O. The quantitative estimate of drug-likeness (QED) is 0.692. The minimum Gasteiger partial charge on any atom is -0.504 e. The van der Waals surface area contributed by atoms with E-state index >= 15 is 0 Å². The molecule has 0 saturated carbocycles. The summed E-state index contributed by atoms with van der Waals surface area (Å²) in [5.41, 5.74) is 1.54. The maximum Gasteiger partial charge on any atom is 0.161 e. The van der Waals surface area contributed by atoms with E-state index in [1.54, 1.807) is 24.3 Å². The van der Waals surface area contributed by atoms with Gasteiger partial charge in [-0.25, -0.2) is 0 Å². The van der Waals surface area contributed by atoms with E-state index in [1.165, 1.54) is 0 Å². The smallest absolute Gasteiger partial charge is 0.161 e. The first kappa shape index (κ1) is 18.5. The average molecular weight is 340 g/mol. The Labute approximate surface area is 148 Å². The Morgan fingerprint density at radius 3 is 1.60 bits per heavy atom. The first-order valence-corrected chi connectivity index (χ1v) is 8.04. The Balaban J connectivity index is 2.40. The second-order valence-electron chi connectivity index (χ2n) is 6.19. The molecule has 2 rings (SSSR count). The zero-order valence-electron chi connectivity index (χ0n) is 14.7. The van der Waals surface area contributed by atoms with Crippen molar-refractivity contribution in [1.82, 2.24) is 0 Å². The predicted octanol–water partition coefficient (Wildman–Crippen LogP) is 4.55. The van der Waals surface area contributed by atoms with Crippen LogP contribution in [-0.2, 0) is 5.41 Å². The molecule has 0 radical (unpaired) electrons. The van der Waals surface area contributed by atoms with E-state index < -0.39 is 0 Å². The van der Waals surface area contributed by atoms with Crippen LogP contribution in [-0.4, -0.2) is 23.4 Å². The molecule has 4 nitrogen and oxygen atoms in total. The van der Waals surface area contributed by atoms with Gasteiger partial charge in [0.05, 0.1) is 0 Å². The highest BCUT2D eigenvalue weighted by Gasteiger charge is 2.25. The summed E-state index contributed by atoms with van der Waals surface area (Å²) in [6, 6.07) is 10.6. The lowest BCUT2D eigenvalue weighted by atomic mass is 9.78. The van der Waals surface area contributed by atoms with Crippen LogP contribution in [0.4, 0.5) is 0 Å². The topological polar surface area (TPSA) is 58.9 Å². The van der Waals surface area contributed by atoms with Gasteiger partial charge in [-0.05, 0) is 35.4 Å². The van der Waals surface area contributed by atoms with E-state index in [-0.39, 0.29) is 16.9 Å².